The van der Waals surface area contributed by atoms with Crippen molar-refractivity contribution in [1.82, 2.24) is 19.5 Å². The van der Waals surface area contributed by atoms with Gasteiger partial charge in [-0.05, 0) is 55.0 Å². The van der Waals surface area contributed by atoms with Gasteiger partial charge in [-0.2, -0.15) is 0 Å². The standard InChI is InChI=1S/C27H27ClN6O/c1-20-23(19-32-14-16-33(17-15-32)26-4-2-3-11-30-26)18-25(21-5-7-24(28)8-6-21)34(20)31-27(35)22-9-12-29-13-10-22/h2-13,18H,14-17,19H2,1H3,(H,31,35). The van der Waals surface area contributed by atoms with Crippen LogP contribution < -0.4 is 10.3 Å². The Balaban J connectivity index is 1.37. The van der Waals surface area contributed by atoms with E-state index in [2.05, 4.69) is 37.3 Å². The summed E-state index contributed by atoms with van der Waals surface area (Å²) in [7, 11) is 0. The minimum Gasteiger partial charge on any atom is -0.354 e. The van der Waals surface area contributed by atoms with Gasteiger partial charge in [0.05, 0.1) is 5.69 Å². The Labute approximate surface area is 210 Å². The van der Waals surface area contributed by atoms with E-state index in [1.165, 1.54) is 5.56 Å². The minimum absolute atomic E-state index is 0.183. The van der Waals surface area contributed by atoms with Crippen molar-refractivity contribution in [3.05, 3.63) is 101 Å². The van der Waals surface area contributed by atoms with E-state index in [1.807, 2.05) is 54.2 Å². The van der Waals surface area contributed by atoms with Crippen LogP contribution >= 0.6 is 11.6 Å². The number of anilines is 1. The minimum atomic E-state index is -0.183. The van der Waals surface area contributed by atoms with Gasteiger partial charge in [0.15, 0.2) is 0 Å². The number of rotatable bonds is 6. The Kier molecular flexibility index (Phi) is 6.79. The Morgan fingerprint density at radius 3 is 2.40 bits per heavy atom. The molecule has 1 aromatic carbocycles. The SMILES string of the molecule is Cc1c(CN2CCN(c3ccccn3)CC2)cc(-c2ccc(Cl)cc2)n1NC(=O)c1ccncc1. The molecule has 0 bridgehead atoms. The van der Waals surface area contributed by atoms with E-state index in [-0.39, 0.29) is 5.91 Å². The number of hydrogen-bond donors (Lipinski definition) is 1. The lowest BCUT2D eigenvalue weighted by Gasteiger charge is -2.35. The van der Waals surface area contributed by atoms with Crippen LogP contribution in [0.15, 0.2) is 79.3 Å². The zero-order valence-electron chi connectivity index (χ0n) is 19.6. The zero-order valence-corrected chi connectivity index (χ0v) is 20.3. The van der Waals surface area contributed by atoms with Crippen molar-refractivity contribution >= 4 is 23.3 Å². The number of halogens is 1. The molecular formula is C27H27ClN6O. The highest BCUT2D eigenvalue weighted by Crippen LogP contribution is 2.28. The summed E-state index contributed by atoms with van der Waals surface area (Å²) in [5.41, 5.74) is 7.72. The molecule has 1 amide bonds. The average Bonchev–Trinajstić information content (AvgIpc) is 3.20. The lowest BCUT2D eigenvalue weighted by atomic mass is 10.1. The quantitative estimate of drug-likeness (QED) is 0.431. The first-order valence-corrected chi connectivity index (χ1v) is 12.0. The van der Waals surface area contributed by atoms with Crippen molar-refractivity contribution in [3.63, 3.8) is 0 Å². The second-order valence-electron chi connectivity index (χ2n) is 8.61. The van der Waals surface area contributed by atoms with Crippen LogP contribution in [-0.4, -0.2) is 51.6 Å². The molecule has 35 heavy (non-hydrogen) atoms. The molecule has 5 rings (SSSR count). The summed E-state index contributed by atoms with van der Waals surface area (Å²) in [6.07, 6.45) is 5.08. The van der Waals surface area contributed by atoms with Gasteiger partial charge >= 0.3 is 0 Å². The van der Waals surface area contributed by atoms with Crippen LogP contribution in [0.4, 0.5) is 5.82 Å². The smallest absolute Gasteiger partial charge is 0.270 e. The third-order valence-electron chi connectivity index (χ3n) is 6.39. The fourth-order valence-corrected chi connectivity index (χ4v) is 4.51. The third-order valence-corrected chi connectivity index (χ3v) is 6.64. The number of pyridine rings is 2. The van der Waals surface area contributed by atoms with Crippen LogP contribution in [0.2, 0.25) is 5.02 Å². The van der Waals surface area contributed by atoms with E-state index < -0.39 is 0 Å². The number of piperazine rings is 1. The number of hydrogen-bond acceptors (Lipinski definition) is 5. The van der Waals surface area contributed by atoms with E-state index in [4.69, 9.17) is 11.6 Å². The first-order valence-electron chi connectivity index (χ1n) is 11.7. The maximum Gasteiger partial charge on any atom is 0.270 e. The van der Waals surface area contributed by atoms with Gasteiger partial charge in [0.25, 0.3) is 5.91 Å². The van der Waals surface area contributed by atoms with E-state index in [0.717, 1.165) is 55.5 Å². The number of nitrogens with zero attached hydrogens (tertiary/aromatic N) is 5. The Morgan fingerprint density at radius 2 is 1.71 bits per heavy atom. The second-order valence-corrected chi connectivity index (χ2v) is 9.05. The van der Waals surface area contributed by atoms with Gasteiger partial charge in [-0.15, -0.1) is 0 Å². The molecule has 0 unspecified atom stereocenters. The Bertz CT molecular complexity index is 1280. The molecule has 8 heteroatoms. The first kappa shape index (κ1) is 23.1. The van der Waals surface area contributed by atoms with Crippen molar-refractivity contribution in [3.8, 4) is 11.3 Å². The Hall–Kier alpha value is -3.68. The van der Waals surface area contributed by atoms with E-state index in [1.54, 1.807) is 24.5 Å². The molecule has 1 aliphatic rings. The molecule has 1 saturated heterocycles. The molecule has 178 valence electrons. The maximum absolute atomic E-state index is 13.0. The van der Waals surface area contributed by atoms with Crippen LogP contribution in [-0.2, 0) is 6.54 Å². The first-order chi connectivity index (χ1) is 17.1. The summed E-state index contributed by atoms with van der Waals surface area (Å²) in [5.74, 6) is 0.843. The molecule has 1 fully saturated rings. The van der Waals surface area contributed by atoms with Crippen LogP contribution in [0.5, 0.6) is 0 Å². The number of carbonyl (C=O) groups excluding carboxylic acids is 1. The summed E-state index contributed by atoms with van der Waals surface area (Å²) in [6, 6.07) is 19.3. The number of benzene rings is 1. The van der Waals surface area contributed by atoms with Gasteiger partial charge in [-0.25, -0.2) is 4.98 Å². The monoisotopic (exact) mass is 486 g/mol. The van der Waals surface area contributed by atoms with Crippen molar-refractivity contribution in [2.24, 2.45) is 0 Å². The molecule has 0 saturated carbocycles. The third kappa shape index (κ3) is 5.21. The lowest BCUT2D eigenvalue weighted by molar-refractivity contribution is 0.101. The summed E-state index contributed by atoms with van der Waals surface area (Å²) < 4.78 is 1.88. The summed E-state index contributed by atoms with van der Waals surface area (Å²) in [4.78, 5) is 26.2. The molecule has 0 radical (unpaired) electrons. The predicted molar refractivity (Wildman–Crippen MR) is 139 cm³/mol. The number of carbonyl (C=O) groups is 1. The average molecular weight is 487 g/mol. The molecule has 0 spiro atoms. The number of aromatic nitrogens is 3. The van der Waals surface area contributed by atoms with Gasteiger partial charge in [0, 0.05) is 73.2 Å². The van der Waals surface area contributed by atoms with Gasteiger partial charge in [0.2, 0.25) is 0 Å². The van der Waals surface area contributed by atoms with Gasteiger partial charge in [-0.1, -0.05) is 29.8 Å². The molecule has 7 nitrogen and oxygen atoms in total. The highest BCUT2D eigenvalue weighted by Gasteiger charge is 2.22. The number of nitrogens with one attached hydrogen (secondary N) is 1. The fourth-order valence-electron chi connectivity index (χ4n) is 4.38. The summed E-state index contributed by atoms with van der Waals surface area (Å²) >= 11 is 6.13. The molecule has 0 atom stereocenters. The molecular weight excluding hydrogens is 460 g/mol. The lowest BCUT2D eigenvalue weighted by Crippen LogP contribution is -2.46. The highest BCUT2D eigenvalue weighted by molar-refractivity contribution is 6.30. The van der Waals surface area contributed by atoms with Crippen molar-refractivity contribution in [2.75, 3.05) is 36.5 Å². The maximum atomic E-state index is 13.0. The molecule has 4 heterocycles. The van der Waals surface area contributed by atoms with Crippen molar-refractivity contribution < 1.29 is 4.79 Å². The fraction of sp³-hybridized carbons (Fsp3) is 0.222. The van der Waals surface area contributed by atoms with Gasteiger partial charge < -0.3 is 4.90 Å². The molecule has 1 N–H and O–H groups in total. The van der Waals surface area contributed by atoms with E-state index in [9.17, 15) is 4.79 Å². The summed E-state index contributed by atoms with van der Waals surface area (Å²) in [5, 5.41) is 0.676. The van der Waals surface area contributed by atoms with Crippen LogP contribution in [0.1, 0.15) is 21.6 Å². The molecule has 3 aromatic heterocycles. The van der Waals surface area contributed by atoms with Crippen LogP contribution in [0.3, 0.4) is 0 Å². The number of amides is 1. The second kappa shape index (κ2) is 10.3. The zero-order chi connectivity index (χ0) is 24.2. The van der Waals surface area contributed by atoms with Gasteiger partial charge in [-0.3, -0.25) is 24.8 Å². The predicted octanol–water partition coefficient (Wildman–Crippen LogP) is 4.61. The highest BCUT2D eigenvalue weighted by atomic mass is 35.5. The largest absolute Gasteiger partial charge is 0.354 e. The summed E-state index contributed by atoms with van der Waals surface area (Å²) in [6.45, 7) is 6.60. The van der Waals surface area contributed by atoms with Crippen LogP contribution in [0.25, 0.3) is 11.3 Å². The van der Waals surface area contributed by atoms with Gasteiger partial charge in [0.1, 0.15) is 5.82 Å². The molecule has 1 aliphatic heterocycles. The van der Waals surface area contributed by atoms with Crippen molar-refractivity contribution in [2.45, 2.75) is 13.5 Å². The normalized spacial score (nSPS) is 14.2. The topological polar surface area (TPSA) is 66.3 Å². The van der Waals surface area contributed by atoms with E-state index in [0.29, 0.717) is 10.6 Å². The molecule has 0 aliphatic carbocycles. The van der Waals surface area contributed by atoms with Crippen molar-refractivity contribution in [1.29, 1.82) is 0 Å². The van der Waals surface area contributed by atoms with E-state index >= 15 is 0 Å². The Morgan fingerprint density at radius 1 is 0.971 bits per heavy atom. The van der Waals surface area contributed by atoms with Crippen LogP contribution in [0, 0.1) is 6.92 Å². The molecule has 4 aromatic rings.